The number of nitrogens with zero attached hydrogens (tertiary/aromatic N) is 6. The Morgan fingerprint density at radius 2 is 1.94 bits per heavy atom. The molecule has 3 fully saturated rings. The molecule has 0 unspecified atom stereocenters. The average Bonchev–Trinajstić information content (AvgIpc) is 3.36. The highest BCUT2D eigenvalue weighted by Crippen LogP contribution is 2.28. The summed E-state index contributed by atoms with van der Waals surface area (Å²) >= 11 is 0. The third-order valence-corrected chi connectivity index (χ3v) is 7.38. The van der Waals surface area contributed by atoms with Crippen LogP contribution < -0.4 is 10.2 Å². The number of carbonyl (C=O) groups is 2. The van der Waals surface area contributed by atoms with Gasteiger partial charge in [-0.05, 0) is 31.6 Å². The van der Waals surface area contributed by atoms with Crippen molar-refractivity contribution in [3.8, 4) is 0 Å². The van der Waals surface area contributed by atoms with Gasteiger partial charge in [-0.2, -0.15) is 0 Å². The van der Waals surface area contributed by atoms with Crippen LogP contribution >= 0.6 is 0 Å². The van der Waals surface area contributed by atoms with Crippen molar-refractivity contribution in [3.05, 3.63) is 18.7 Å². The molecule has 1 saturated carbocycles. The van der Waals surface area contributed by atoms with Gasteiger partial charge in [-0.15, -0.1) is 10.2 Å². The molecule has 2 aromatic rings. The molecule has 2 aromatic heterocycles. The van der Waals surface area contributed by atoms with Crippen molar-refractivity contribution in [2.75, 3.05) is 31.1 Å². The molecule has 0 radical (unpaired) electrons. The van der Waals surface area contributed by atoms with E-state index >= 15 is 0 Å². The monoisotopic (exact) mass is 439 g/mol. The maximum Gasteiger partial charge on any atom is 0.225 e. The predicted octanol–water partition coefficient (Wildman–Crippen LogP) is 2.03. The van der Waals surface area contributed by atoms with Crippen LogP contribution in [0.2, 0.25) is 0 Å². The van der Waals surface area contributed by atoms with Crippen molar-refractivity contribution < 1.29 is 9.59 Å². The summed E-state index contributed by atoms with van der Waals surface area (Å²) in [5, 5.41) is 11.4. The van der Waals surface area contributed by atoms with Crippen LogP contribution in [0.25, 0.3) is 5.65 Å². The number of anilines is 1. The molecular weight excluding hydrogens is 406 g/mol. The molecule has 0 aromatic carbocycles. The Morgan fingerprint density at radius 1 is 1.09 bits per heavy atom. The van der Waals surface area contributed by atoms with E-state index in [1.807, 2.05) is 15.5 Å². The molecule has 0 spiro atoms. The highest BCUT2D eigenvalue weighted by molar-refractivity contribution is 5.89. The molecule has 172 valence electrons. The quantitative estimate of drug-likeness (QED) is 0.716. The van der Waals surface area contributed by atoms with E-state index in [-0.39, 0.29) is 17.7 Å². The average molecular weight is 440 g/mol. The van der Waals surface area contributed by atoms with Gasteiger partial charge in [0.25, 0.3) is 0 Å². The van der Waals surface area contributed by atoms with E-state index in [9.17, 15) is 9.59 Å². The minimum absolute atomic E-state index is 0.0317. The van der Waals surface area contributed by atoms with E-state index in [2.05, 4.69) is 25.4 Å². The topological polar surface area (TPSA) is 95.7 Å². The first-order valence-electron chi connectivity index (χ1n) is 12.2. The van der Waals surface area contributed by atoms with Crippen LogP contribution in [0.4, 0.5) is 5.82 Å². The molecule has 4 heterocycles. The molecule has 1 aliphatic carbocycles. The van der Waals surface area contributed by atoms with Crippen molar-refractivity contribution in [2.45, 2.75) is 63.8 Å². The minimum Gasteiger partial charge on any atom is -0.355 e. The number of amides is 2. The van der Waals surface area contributed by atoms with Crippen LogP contribution in [-0.2, 0) is 9.59 Å². The zero-order valence-corrected chi connectivity index (χ0v) is 18.7. The molecule has 0 bridgehead atoms. The number of likely N-dealkylation sites (tertiary alicyclic amines) is 1. The lowest BCUT2D eigenvalue weighted by Gasteiger charge is -2.33. The second-order valence-corrected chi connectivity index (χ2v) is 9.60. The van der Waals surface area contributed by atoms with E-state index in [0.29, 0.717) is 31.5 Å². The smallest absolute Gasteiger partial charge is 0.225 e. The standard InChI is InChI=1S/C23H33N7O2/c31-20-12-18(15-30(20)19-7-3-1-2-4-8-19)23(32)25-13-17-6-5-10-28(14-17)21-22-27-26-16-29(22)11-9-24-21/h9,11,16-19H,1-8,10,12-15H2,(H,25,32)/t17-,18-/m0/s1. The van der Waals surface area contributed by atoms with Gasteiger partial charge in [0, 0.05) is 51.0 Å². The summed E-state index contributed by atoms with van der Waals surface area (Å²) in [6, 6.07) is 0.335. The summed E-state index contributed by atoms with van der Waals surface area (Å²) in [4.78, 5) is 34.3. The molecule has 32 heavy (non-hydrogen) atoms. The normalized spacial score (nSPS) is 25.3. The lowest BCUT2D eigenvalue weighted by Crippen LogP contribution is -2.43. The van der Waals surface area contributed by atoms with E-state index in [4.69, 9.17) is 0 Å². The van der Waals surface area contributed by atoms with Crippen LogP contribution in [0.15, 0.2) is 18.7 Å². The molecule has 1 N–H and O–H groups in total. The van der Waals surface area contributed by atoms with Crippen LogP contribution in [0.1, 0.15) is 57.8 Å². The zero-order valence-electron chi connectivity index (χ0n) is 18.7. The van der Waals surface area contributed by atoms with Gasteiger partial charge >= 0.3 is 0 Å². The number of piperidine rings is 1. The third-order valence-electron chi connectivity index (χ3n) is 7.38. The van der Waals surface area contributed by atoms with E-state index < -0.39 is 0 Å². The van der Waals surface area contributed by atoms with E-state index in [0.717, 1.165) is 50.2 Å². The van der Waals surface area contributed by atoms with Crippen LogP contribution in [-0.4, -0.2) is 68.5 Å². The molecular formula is C23H33N7O2. The summed E-state index contributed by atoms with van der Waals surface area (Å²) in [6.07, 6.45) is 14.9. The minimum atomic E-state index is -0.211. The van der Waals surface area contributed by atoms with Crippen molar-refractivity contribution in [1.29, 1.82) is 0 Å². The molecule has 2 aliphatic heterocycles. The van der Waals surface area contributed by atoms with Gasteiger partial charge in [-0.25, -0.2) is 4.98 Å². The van der Waals surface area contributed by atoms with Crippen LogP contribution in [0.3, 0.4) is 0 Å². The van der Waals surface area contributed by atoms with E-state index in [1.165, 1.54) is 25.7 Å². The first-order valence-corrected chi connectivity index (χ1v) is 12.2. The van der Waals surface area contributed by atoms with Gasteiger partial charge in [0.1, 0.15) is 6.33 Å². The van der Waals surface area contributed by atoms with Gasteiger partial charge in [0.05, 0.1) is 5.92 Å². The molecule has 2 atom stereocenters. The maximum atomic E-state index is 12.9. The largest absolute Gasteiger partial charge is 0.355 e. The molecule has 9 nitrogen and oxygen atoms in total. The van der Waals surface area contributed by atoms with Crippen molar-refractivity contribution >= 4 is 23.3 Å². The number of hydrogen-bond acceptors (Lipinski definition) is 6. The Balaban J connectivity index is 1.15. The third kappa shape index (κ3) is 4.42. The van der Waals surface area contributed by atoms with Gasteiger partial charge in [-0.3, -0.25) is 14.0 Å². The maximum absolute atomic E-state index is 12.9. The molecule has 9 heteroatoms. The van der Waals surface area contributed by atoms with E-state index in [1.54, 1.807) is 12.5 Å². The predicted molar refractivity (Wildman–Crippen MR) is 120 cm³/mol. The Morgan fingerprint density at radius 3 is 2.78 bits per heavy atom. The fourth-order valence-corrected chi connectivity index (χ4v) is 5.61. The number of rotatable bonds is 5. The summed E-state index contributed by atoms with van der Waals surface area (Å²) in [5.41, 5.74) is 0.764. The molecule has 2 amide bonds. The first kappa shape index (κ1) is 21.2. The molecule has 2 saturated heterocycles. The Labute approximate surface area is 188 Å². The summed E-state index contributed by atoms with van der Waals surface area (Å²) in [5.74, 6) is 1.18. The fraction of sp³-hybridized carbons (Fsp3) is 0.696. The highest BCUT2D eigenvalue weighted by atomic mass is 16.2. The zero-order chi connectivity index (χ0) is 21.9. The lowest BCUT2D eigenvalue weighted by molar-refractivity contribution is -0.130. The Hall–Kier alpha value is -2.71. The number of carbonyl (C=O) groups excluding carboxylic acids is 2. The number of fused-ring (bicyclic) bond motifs is 1. The fourth-order valence-electron chi connectivity index (χ4n) is 5.61. The second-order valence-electron chi connectivity index (χ2n) is 9.60. The van der Waals surface area contributed by atoms with Crippen LogP contribution in [0.5, 0.6) is 0 Å². The van der Waals surface area contributed by atoms with Crippen molar-refractivity contribution in [3.63, 3.8) is 0 Å². The van der Waals surface area contributed by atoms with Crippen molar-refractivity contribution in [1.82, 2.24) is 29.8 Å². The second kappa shape index (κ2) is 9.42. The molecule has 3 aliphatic rings. The SMILES string of the molecule is O=C(NC[C@@H]1CCCN(c2nccn3cnnc23)C1)[C@H]1CC(=O)N(C2CCCCCC2)C1. The van der Waals surface area contributed by atoms with Crippen molar-refractivity contribution in [2.24, 2.45) is 11.8 Å². The van der Waals surface area contributed by atoms with Gasteiger partial charge in [0.15, 0.2) is 5.82 Å². The summed E-state index contributed by atoms with van der Waals surface area (Å²) in [7, 11) is 0. The number of aromatic nitrogens is 4. The van der Waals surface area contributed by atoms with Crippen LogP contribution in [0, 0.1) is 11.8 Å². The number of nitrogens with one attached hydrogen (secondary N) is 1. The molecule has 5 rings (SSSR count). The van der Waals surface area contributed by atoms with Gasteiger partial charge < -0.3 is 15.1 Å². The summed E-state index contributed by atoms with van der Waals surface area (Å²) in [6.45, 7) is 2.99. The Bertz CT molecular complexity index is 953. The first-order chi connectivity index (χ1) is 15.7. The van der Waals surface area contributed by atoms with Gasteiger partial charge in [-0.1, -0.05) is 25.7 Å². The van der Waals surface area contributed by atoms with Gasteiger partial charge in [0.2, 0.25) is 17.5 Å². The highest BCUT2D eigenvalue weighted by Gasteiger charge is 2.38. The number of hydrogen-bond donors (Lipinski definition) is 1. The lowest BCUT2D eigenvalue weighted by atomic mass is 9.97. The Kier molecular flexibility index (Phi) is 6.23. The summed E-state index contributed by atoms with van der Waals surface area (Å²) < 4.78 is 1.88.